The SMILES string of the molecule is COC(=O)OC1CCc2c(C(=O)Nc3ccc(F)cc3Cl)ccc(F)c21. The van der Waals surface area contributed by atoms with Gasteiger partial charge >= 0.3 is 6.16 Å². The van der Waals surface area contributed by atoms with E-state index < -0.39 is 29.8 Å². The van der Waals surface area contributed by atoms with Crippen molar-refractivity contribution >= 4 is 29.4 Å². The Balaban J connectivity index is 1.90. The normalized spacial score (nSPS) is 15.3. The molecule has 0 saturated carbocycles. The van der Waals surface area contributed by atoms with Gasteiger partial charge in [-0.25, -0.2) is 13.6 Å². The fourth-order valence-electron chi connectivity index (χ4n) is 2.95. The monoisotopic (exact) mass is 381 g/mol. The van der Waals surface area contributed by atoms with Crippen molar-refractivity contribution in [3.8, 4) is 0 Å². The minimum absolute atomic E-state index is 0.0454. The largest absolute Gasteiger partial charge is 0.508 e. The number of amides is 1. The molecule has 0 aliphatic heterocycles. The molecule has 1 N–H and O–H groups in total. The topological polar surface area (TPSA) is 64.6 Å². The number of benzene rings is 2. The predicted molar refractivity (Wildman–Crippen MR) is 90.3 cm³/mol. The Hall–Kier alpha value is -2.67. The van der Waals surface area contributed by atoms with Crippen molar-refractivity contribution in [1.29, 1.82) is 0 Å². The third-order valence-corrected chi connectivity index (χ3v) is 4.42. The van der Waals surface area contributed by atoms with Crippen molar-refractivity contribution in [2.75, 3.05) is 12.4 Å². The van der Waals surface area contributed by atoms with Crippen LogP contribution in [0.5, 0.6) is 0 Å². The smallest absolute Gasteiger partial charge is 0.438 e. The third-order valence-electron chi connectivity index (χ3n) is 4.11. The molecular weight excluding hydrogens is 368 g/mol. The summed E-state index contributed by atoms with van der Waals surface area (Å²) in [6, 6.07) is 6.06. The molecule has 3 rings (SSSR count). The van der Waals surface area contributed by atoms with Gasteiger partial charge in [0, 0.05) is 11.1 Å². The van der Waals surface area contributed by atoms with Gasteiger partial charge in [0.15, 0.2) is 0 Å². The lowest BCUT2D eigenvalue weighted by molar-refractivity contribution is 0.0359. The minimum Gasteiger partial charge on any atom is -0.438 e. The lowest BCUT2D eigenvalue weighted by atomic mass is 10.0. The Bertz CT molecular complexity index is 888. The predicted octanol–water partition coefficient (Wildman–Crippen LogP) is 4.64. The van der Waals surface area contributed by atoms with Gasteiger partial charge in [0.25, 0.3) is 5.91 Å². The Morgan fingerprint density at radius 1 is 1.23 bits per heavy atom. The number of anilines is 1. The molecule has 1 aliphatic rings. The van der Waals surface area contributed by atoms with Crippen LogP contribution in [0.4, 0.5) is 19.3 Å². The van der Waals surface area contributed by atoms with Gasteiger partial charge < -0.3 is 14.8 Å². The lowest BCUT2D eigenvalue weighted by Gasteiger charge is -2.14. The van der Waals surface area contributed by atoms with Crippen molar-refractivity contribution in [3.05, 3.63) is 63.7 Å². The number of ether oxygens (including phenoxy) is 2. The van der Waals surface area contributed by atoms with E-state index in [9.17, 15) is 18.4 Å². The summed E-state index contributed by atoms with van der Waals surface area (Å²) < 4.78 is 36.9. The zero-order chi connectivity index (χ0) is 18.8. The van der Waals surface area contributed by atoms with Gasteiger partial charge in [0.05, 0.1) is 17.8 Å². The van der Waals surface area contributed by atoms with E-state index >= 15 is 0 Å². The van der Waals surface area contributed by atoms with Crippen LogP contribution in [0, 0.1) is 11.6 Å². The van der Waals surface area contributed by atoms with Crippen LogP contribution in [0.3, 0.4) is 0 Å². The summed E-state index contributed by atoms with van der Waals surface area (Å²) in [5, 5.41) is 2.62. The fraction of sp³-hybridized carbons (Fsp3) is 0.222. The molecule has 1 unspecified atom stereocenters. The number of rotatable bonds is 3. The maximum Gasteiger partial charge on any atom is 0.508 e. The molecule has 1 aliphatic carbocycles. The number of fused-ring (bicyclic) bond motifs is 1. The zero-order valence-electron chi connectivity index (χ0n) is 13.6. The Morgan fingerprint density at radius 3 is 2.69 bits per heavy atom. The van der Waals surface area contributed by atoms with Crippen LogP contribution in [0.25, 0.3) is 0 Å². The molecular formula is C18H14ClF2NO4. The highest BCUT2D eigenvalue weighted by molar-refractivity contribution is 6.33. The number of hydrogen-bond donors (Lipinski definition) is 1. The van der Waals surface area contributed by atoms with E-state index in [0.29, 0.717) is 18.4 Å². The Morgan fingerprint density at radius 2 is 2.00 bits per heavy atom. The highest BCUT2D eigenvalue weighted by atomic mass is 35.5. The summed E-state index contributed by atoms with van der Waals surface area (Å²) in [4.78, 5) is 23.9. The average molecular weight is 382 g/mol. The Labute approximate surface area is 152 Å². The van der Waals surface area contributed by atoms with Crippen LogP contribution in [0.15, 0.2) is 30.3 Å². The number of nitrogens with one attached hydrogen (secondary N) is 1. The lowest BCUT2D eigenvalue weighted by Crippen LogP contribution is -2.16. The molecule has 0 aromatic heterocycles. The molecule has 0 radical (unpaired) electrons. The molecule has 1 amide bonds. The molecule has 8 heteroatoms. The zero-order valence-corrected chi connectivity index (χ0v) is 14.4. The standard InChI is InChI=1S/C18H14ClF2NO4/c1-25-18(24)26-15-7-4-10-11(3-5-13(21)16(10)15)17(23)22-14-6-2-9(20)8-12(14)19/h2-3,5-6,8,15H,4,7H2,1H3,(H,22,23). The van der Waals surface area contributed by atoms with E-state index in [1.165, 1.54) is 12.1 Å². The summed E-state index contributed by atoms with van der Waals surface area (Å²) >= 11 is 5.91. The molecule has 0 bridgehead atoms. The molecule has 26 heavy (non-hydrogen) atoms. The number of methoxy groups -OCH3 is 1. The van der Waals surface area contributed by atoms with Gasteiger partial charge in [-0.1, -0.05) is 11.6 Å². The molecule has 136 valence electrons. The first-order valence-electron chi connectivity index (χ1n) is 7.73. The maximum absolute atomic E-state index is 14.2. The van der Waals surface area contributed by atoms with Crippen LogP contribution in [-0.2, 0) is 15.9 Å². The average Bonchev–Trinajstić information content (AvgIpc) is 3.02. The first-order chi connectivity index (χ1) is 12.4. The molecule has 2 aromatic carbocycles. The van der Waals surface area contributed by atoms with E-state index in [0.717, 1.165) is 25.3 Å². The first-order valence-corrected chi connectivity index (χ1v) is 8.10. The number of halogens is 3. The summed E-state index contributed by atoms with van der Waals surface area (Å²) in [6.07, 6.45) is -1.05. The van der Waals surface area contributed by atoms with Crippen molar-refractivity contribution in [2.45, 2.75) is 18.9 Å². The minimum atomic E-state index is -0.921. The van der Waals surface area contributed by atoms with Gasteiger partial charge in [0.1, 0.15) is 17.7 Å². The number of carbonyl (C=O) groups is 2. The molecule has 2 aromatic rings. The quantitative estimate of drug-likeness (QED) is 0.786. The van der Waals surface area contributed by atoms with Gasteiger partial charge in [-0.05, 0) is 48.7 Å². The van der Waals surface area contributed by atoms with Crippen LogP contribution < -0.4 is 5.32 Å². The number of carbonyl (C=O) groups excluding carboxylic acids is 2. The van der Waals surface area contributed by atoms with Crippen molar-refractivity contribution in [3.63, 3.8) is 0 Å². The molecule has 5 nitrogen and oxygen atoms in total. The van der Waals surface area contributed by atoms with Crippen LogP contribution >= 0.6 is 11.6 Å². The second kappa shape index (κ2) is 7.29. The van der Waals surface area contributed by atoms with Crippen molar-refractivity contribution in [2.24, 2.45) is 0 Å². The van der Waals surface area contributed by atoms with Crippen molar-refractivity contribution < 1.29 is 27.8 Å². The van der Waals surface area contributed by atoms with Gasteiger partial charge in [-0.2, -0.15) is 0 Å². The molecule has 0 saturated heterocycles. The van der Waals surface area contributed by atoms with E-state index in [1.54, 1.807) is 0 Å². The van der Waals surface area contributed by atoms with Gasteiger partial charge in [-0.3, -0.25) is 4.79 Å². The molecule has 0 heterocycles. The summed E-state index contributed by atoms with van der Waals surface area (Å²) in [6.45, 7) is 0. The van der Waals surface area contributed by atoms with E-state index in [-0.39, 0.29) is 21.8 Å². The first kappa shape index (κ1) is 18.1. The second-order valence-electron chi connectivity index (χ2n) is 5.66. The maximum atomic E-state index is 14.2. The molecule has 1 atom stereocenters. The number of hydrogen-bond acceptors (Lipinski definition) is 4. The second-order valence-corrected chi connectivity index (χ2v) is 6.07. The molecule has 0 fully saturated rings. The van der Waals surface area contributed by atoms with Crippen LogP contribution in [0.2, 0.25) is 5.02 Å². The summed E-state index contributed by atoms with van der Waals surface area (Å²) in [7, 11) is 1.16. The third kappa shape index (κ3) is 3.48. The van der Waals surface area contributed by atoms with Crippen molar-refractivity contribution in [1.82, 2.24) is 0 Å². The summed E-state index contributed by atoms with van der Waals surface area (Å²) in [5.41, 5.74) is 1.08. The highest BCUT2D eigenvalue weighted by Gasteiger charge is 2.32. The summed E-state index contributed by atoms with van der Waals surface area (Å²) in [5.74, 6) is -1.62. The van der Waals surface area contributed by atoms with E-state index in [4.69, 9.17) is 16.3 Å². The molecule has 0 spiro atoms. The van der Waals surface area contributed by atoms with E-state index in [1.807, 2.05) is 0 Å². The Kier molecular flexibility index (Phi) is 5.08. The van der Waals surface area contributed by atoms with Crippen LogP contribution in [-0.4, -0.2) is 19.2 Å². The van der Waals surface area contributed by atoms with Gasteiger partial charge in [-0.15, -0.1) is 0 Å². The van der Waals surface area contributed by atoms with Crippen LogP contribution in [0.1, 0.15) is 34.0 Å². The fourth-order valence-corrected chi connectivity index (χ4v) is 3.16. The highest BCUT2D eigenvalue weighted by Crippen LogP contribution is 2.38. The van der Waals surface area contributed by atoms with Gasteiger partial charge in [0.2, 0.25) is 0 Å². The van der Waals surface area contributed by atoms with E-state index in [2.05, 4.69) is 10.1 Å².